The van der Waals surface area contributed by atoms with Crippen LogP contribution in [0.4, 0.5) is 33.7 Å². The van der Waals surface area contributed by atoms with Gasteiger partial charge in [0, 0.05) is 36.7 Å². The Morgan fingerprint density at radius 1 is 1.09 bits per heavy atom. The van der Waals surface area contributed by atoms with Crippen LogP contribution in [0.1, 0.15) is 24.0 Å². The van der Waals surface area contributed by atoms with Crippen molar-refractivity contribution in [2.24, 2.45) is 0 Å². The van der Waals surface area contributed by atoms with E-state index in [0.717, 1.165) is 30.0 Å². The van der Waals surface area contributed by atoms with Crippen molar-refractivity contribution in [3.05, 3.63) is 40.0 Å². The minimum atomic E-state index is -4.60. The Hall–Kier alpha value is -2.91. The molecular weight excluding hydrogens is 483 g/mol. The maximum atomic E-state index is 14.7. The maximum absolute atomic E-state index is 14.7. The van der Waals surface area contributed by atoms with E-state index >= 15 is 0 Å². The van der Waals surface area contributed by atoms with E-state index < -0.39 is 42.2 Å². The molecule has 0 amide bonds. The molecule has 7 nitrogen and oxygen atoms in total. The first-order valence-corrected chi connectivity index (χ1v) is 10.5. The summed E-state index contributed by atoms with van der Waals surface area (Å²) in [6.07, 6.45) is -1.90. The first kappa shape index (κ1) is 27.3. The maximum Gasteiger partial charge on any atom is 0.405 e. The number of alkyl halides is 3. The summed E-state index contributed by atoms with van der Waals surface area (Å²) in [5, 5.41) is 10.7. The second-order valence-corrected chi connectivity index (χ2v) is 8.03. The van der Waals surface area contributed by atoms with E-state index in [0.29, 0.717) is 6.42 Å². The standard InChI is InChI=1S/C21H24ClF5N6O/c1-32(2)6-4-5-7-34-13-8-16(23)14(17(24)9-13)10-15-18(22)30-20(33(3)12-28)31-19(15)29-11-21(25,26)27/h8-9H,4-7,10-11H2,1-3H3,(H,29,30,31). The molecule has 0 bridgehead atoms. The average molecular weight is 507 g/mol. The summed E-state index contributed by atoms with van der Waals surface area (Å²) in [5.74, 6) is -2.60. The highest BCUT2D eigenvalue weighted by molar-refractivity contribution is 6.30. The van der Waals surface area contributed by atoms with Crippen LogP contribution in [0.5, 0.6) is 5.75 Å². The van der Waals surface area contributed by atoms with Gasteiger partial charge in [-0.25, -0.2) is 8.78 Å². The number of benzene rings is 1. The van der Waals surface area contributed by atoms with Gasteiger partial charge in [-0.15, -0.1) is 0 Å². The molecule has 0 saturated heterocycles. The van der Waals surface area contributed by atoms with Gasteiger partial charge >= 0.3 is 6.18 Å². The molecule has 0 aliphatic heterocycles. The van der Waals surface area contributed by atoms with Crippen LogP contribution in [-0.2, 0) is 6.42 Å². The number of halogens is 6. The fraction of sp³-hybridized carbons (Fsp3) is 0.476. The molecule has 34 heavy (non-hydrogen) atoms. The van der Waals surface area contributed by atoms with Gasteiger partial charge in [0.05, 0.1) is 6.61 Å². The minimum absolute atomic E-state index is 0.00707. The molecule has 0 saturated carbocycles. The average Bonchev–Trinajstić information content (AvgIpc) is 2.74. The second-order valence-electron chi connectivity index (χ2n) is 7.67. The van der Waals surface area contributed by atoms with Gasteiger partial charge in [-0.3, -0.25) is 4.90 Å². The number of unbranched alkanes of at least 4 members (excludes halogenated alkanes) is 1. The molecule has 0 atom stereocenters. The normalized spacial score (nSPS) is 11.4. The van der Waals surface area contributed by atoms with Crippen LogP contribution < -0.4 is 15.0 Å². The summed E-state index contributed by atoms with van der Waals surface area (Å²) in [6, 6.07) is 2.00. The Balaban J connectivity index is 2.28. The summed E-state index contributed by atoms with van der Waals surface area (Å²) < 4.78 is 73.1. The molecule has 186 valence electrons. The van der Waals surface area contributed by atoms with E-state index in [1.807, 2.05) is 19.0 Å². The fourth-order valence-electron chi connectivity index (χ4n) is 2.86. The molecule has 0 unspecified atom stereocenters. The van der Waals surface area contributed by atoms with Crippen LogP contribution in [0, 0.1) is 23.1 Å². The van der Waals surface area contributed by atoms with Crippen molar-refractivity contribution >= 4 is 23.4 Å². The molecule has 1 N–H and O–H groups in total. The summed E-state index contributed by atoms with van der Waals surface area (Å²) in [7, 11) is 5.14. The van der Waals surface area contributed by atoms with Gasteiger partial charge in [-0.1, -0.05) is 11.6 Å². The Labute approximate surface area is 199 Å². The number of nitrogens with one attached hydrogen (secondary N) is 1. The van der Waals surface area contributed by atoms with E-state index in [2.05, 4.69) is 15.3 Å². The van der Waals surface area contributed by atoms with E-state index in [9.17, 15) is 22.0 Å². The second kappa shape index (κ2) is 12.0. The predicted molar refractivity (Wildman–Crippen MR) is 118 cm³/mol. The Morgan fingerprint density at radius 3 is 2.29 bits per heavy atom. The molecule has 0 fully saturated rings. The number of rotatable bonds is 11. The van der Waals surface area contributed by atoms with Gasteiger partial charge < -0.3 is 15.0 Å². The van der Waals surface area contributed by atoms with Crippen LogP contribution in [0.2, 0.25) is 5.15 Å². The van der Waals surface area contributed by atoms with Crippen LogP contribution in [0.3, 0.4) is 0 Å². The Morgan fingerprint density at radius 2 is 1.74 bits per heavy atom. The SMILES string of the molecule is CN(C)CCCCOc1cc(F)c(Cc2c(Cl)nc(N(C)C#N)nc2NCC(F)(F)F)c(F)c1. The topological polar surface area (TPSA) is 77.3 Å². The molecule has 1 aromatic carbocycles. The first-order chi connectivity index (χ1) is 15.9. The van der Waals surface area contributed by atoms with E-state index in [4.69, 9.17) is 21.6 Å². The molecule has 13 heteroatoms. The third kappa shape index (κ3) is 8.14. The smallest absolute Gasteiger partial charge is 0.405 e. The highest BCUT2D eigenvalue weighted by Crippen LogP contribution is 2.31. The summed E-state index contributed by atoms with van der Waals surface area (Å²) in [6.45, 7) is -0.360. The number of nitriles is 1. The largest absolute Gasteiger partial charge is 0.493 e. The van der Waals surface area contributed by atoms with Crippen molar-refractivity contribution in [3.63, 3.8) is 0 Å². The lowest BCUT2D eigenvalue weighted by Gasteiger charge is -2.17. The van der Waals surface area contributed by atoms with Gasteiger partial charge in [-0.2, -0.15) is 28.4 Å². The third-order valence-corrected chi connectivity index (χ3v) is 4.90. The van der Waals surface area contributed by atoms with Gasteiger partial charge in [0.25, 0.3) is 0 Å². The highest BCUT2D eigenvalue weighted by atomic mass is 35.5. The number of hydrogen-bond acceptors (Lipinski definition) is 7. The summed E-state index contributed by atoms with van der Waals surface area (Å²) in [4.78, 5) is 10.6. The van der Waals surface area contributed by atoms with Gasteiger partial charge in [-0.05, 0) is 33.5 Å². The quantitative estimate of drug-likeness (QED) is 0.157. The van der Waals surface area contributed by atoms with E-state index in [1.165, 1.54) is 7.05 Å². The van der Waals surface area contributed by atoms with Crippen LogP contribution >= 0.6 is 11.6 Å². The molecule has 1 heterocycles. The number of ether oxygens (including phenoxy) is 1. The lowest BCUT2D eigenvalue weighted by Crippen LogP contribution is -2.24. The number of anilines is 2. The van der Waals surface area contributed by atoms with Crippen molar-refractivity contribution in [3.8, 4) is 11.9 Å². The zero-order valence-corrected chi connectivity index (χ0v) is 19.6. The summed E-state index contributed by atoms with van der Waals surface area (Å²) in [5.41, 5.74) is -0.599. The van der Waals surface area contributed by atoms with Crippen molar-refractivity contribution in [1.29, 1.82) is 5.26 Å². The summed E-state index contributed by atoms with van der Waals surface area (Å²) >= 11 is 6.11. The van der Waals surface area contributed by atoms with E-state index in [-0.39, 0.29) is 29.0 Å². The molecule has 0 spiro atoms. The highest BCUT2D eigenvalue weighted by Gasteiger charge is 2.28. The van der Waals surface area contributed by atoms with Gasteiger partial charge in [0.1, 0.15) is 34.9 Å². The van der Waals surface area contributed by atoms with Gasteiger partial charge in [0.2, 0.25) is 5.95 Å². The van der Waals surface area contributed by atoms with Gasteiger partial charge in [0.15, 0.2) is 6.19 Å². The third-order valence-electron chi connectivity index (χ3n) is 4.59. The lowest BCUT2D eigenvalue weighted by atomic mass is 10.0. The number of nitrogens with zero attached hydrogens (tertiary/aromatic N) is 5. The molecule has 1 aromatic heterocycles. The van der Waals surface area contributed by atoms with Crippen molar-refractivity contribution < 1.29 is 26.7 Å². The first-order valence-electron chi connectivity index (χ1n) is 10.2. The predicted octanol–water partition coefficient (Wildman–Crippen LogP) is 4.61. The van der Waals surface area contributed by atoms with E-state index in [1.54, 1.807) is 6.19 Å². The lowest BCUT2D eigenvalue weighted by molar-refractivity contribution is -0.115. The van der Waals surface area contributed by atoms with Crippen molar-refractivity contribution in [1.82, 2.24) is 14.9 Å². The Kier molecular flexibility index (Phi) is 9.64. The molecule has 0 aliphatic rings. The molecule has 0 radical (unpaired) electrons. The van der Waals surface area contributed by atoms with Crippen molar-refractivity contribution in [2.45, 2.75) is 25.4 Å². The molecule has 0 aliphatic carbocycles. The van der Waals surface area contributed by atoms with Crippen molar-refractivity contribution in [2.75, 3.05) is 51.1 Å². The molecule has 2 rings (SSSR count). The molecular formula is C21H24ClF5N6O. The van der Waals surface area contributed by atoms with Crippen LogP contribution in [0.25, 0.3) is 0 Å². The van der Waals surface area contributed by atoms with Crippen LogP contribution in [-0.4, -0.2) is 61.9 Å². The minimum Gasteiger partial charge on any atom is -0.493 e. The zero-order chi connectivity index (χ0) is 25.5. The monoisotopic (exact) mass is 506 g/mol. The number of aromatic nitrogens is 2. The molecule has 2 aromatic rings. The number of hydrogen-bond donors (Lipinski definition) is 1. The zero-order valence-electron chi connectivity index (χ0n) is 18.8. The fourth-order valence-corrected chi connectivity index (χ4v) is 3.09. The Bertz CT molecular complexity index is 1000. The van der Waals surface area contributed by atoms with Crippen LogP contribution in [0.15, 0.2) is 12.1 Å².